The molecule has 134 valence electrons. The molecule has 6 nitrogen and oxygen atoms in total. The molecule has 2 heterocycles. The number of ether oxygens (including phenoxy) is 2. The zero-order chi connectivity index (χ0) is 18.0. The molecule has 6 heteroatoms. The molecular formula is C19H24N2O4. The Morgan fingerprint density at radius 3 is 2.88 bits per heavy atom. The van der Waals surface area contributed by atoms with Crippen molar-refractivity contribution in [2.45, 2.75) is 38.9 Å². The number of likely N-dealkylation sites (N-methyl/N-ethyl adjacent to an activating group) is 1. The minimum absolute atomic E-state index is 0.198. The number of nitrogens with zero attached hydrogens (tertiary/aromatic N) is 2. The van der Waals surface area contributed by atoms with Crippen molar-refractivity contribution in [3.05, 3.63) is 41.8 Å². The second kappa shape index (κ2) is 6.88. The molecule has 0 N–H and O–H groups in total. The zero-order valence-corrected chi connectivity index (χ0v) is 15.1. The van der Waals surface area contributed by atoms with Crippen LogP contribution in [0.2, 0.25) is 0 Å². The summed E-state index contributed by atoms with van der Waals surface area (Å²) in [5.41, 5.74) is 2.70. The number of carbonyl (C=O) groups excluding carboxylic acids is 1. The van der Waals surface area contributed by atoms with Crippen LogP contribution in [0.4, 0.5) is 4.79 Å². The summed E-state index contributed by atoms with van der Waals surface area (Å²) >= 11 is 0. The first kappa shape index (κ1) is 17.5. The summed E-state index contributed by atoms with van der Waals surface area (Å²) in [6, 6.07) is 6.01. The standard InChI is InChI=1S/C19H24N2O4/c1-19(2,3)25-18(22)21(4)12-16-14-6-5-7-15(13(14)8-10-23-16)17-20-9-11-24-17/h5-7,9,11,16H,8,10,12H2,1-4H3/t16-/m0/s1. The molecule has 0 fully saturated rings. The Morgan fingerprint density at radius 2 is 2.20 bits per heavy atom. The van der Waals surface area contributed by atoms with Gasteiger partial charge in [0.1, 0.15) is 18.0 Å². The maximum atomic E-state index is 12.2. The number of amides is 1. The van der Waals surface area contributed by atoms with Crippen LogP contribution >= 0.6 is 0 Å². The van der Waals surface area contributed by atoms with Gasteiger partial charge in [-0.1, -0.05) is 12.1 Å². The van der Waals surface area contributed by atoms with E-state index < -0.39 is 5.60 Å². The topological polar surface area (TPSA) is 64.8 Å². The summed E-state index contributed by atoms with van der Waals surface area (Å²) in [5, 5.41) is 0. The molecule has 1 aliphatic rings. The average molecular weight is 344 g/mol. The van der Waals surface area contributed by atoms with Crippen molar-refractivity contribution in [2.24, 2.45) is 0 Å². The summed E-state index contributed by atoms with van der Waals surface area (Å²) < 4.78 is 16.8. The second-order valence-corrected chi connectivity index (χ2v) is 7.18. The van der Waals surface area contributed by atoms with Crippen molar-refractivity contribution in [3.63, 3.8) is 0 Å². The van der Waals surface area contributed by atoms with Gasteiger partial charge in [0.05, 0.1) is 19.3 Å². The average Bonchev–Trinajstić information content (AvgIpc) is 3.07. The molecule has 0 radical (unpaired) electrons. The maximum absolute atomic E-state index is 12.2. The normalized spacial score (nSPS) is 17.0. The van der Waals surface area contributed by atoms with Crippen molar-refractivity contribution in [3.8, 4) is 11.5 Å². The van der Waals surface area contributed by atoms with E-state index in [0.29, 0.717) is 19.0 Å². The second-order valence-electron chi connectivity index (χ2n) is 7.18. The smallest absolute Gasteiger partial charge is 0.410 e. The first-order valence-electron chi connectivity index (χ1n) is 8.42. The molecule has 2 aromatic rings. The van der Waals surface area contributed by atoms with Crippen molar-refractivity contribution in [1.82, 2.24) is 9.88 Å². The van der Waals surface area contributed by atoms with E-state index in [1.54, 1.807) is 24.4 Å². The maximum Gasteiger partial charge on any atom is 0.410 e. The predicted molar refractivity (Wildman–Crippen MR) is 93.2 cm³/mol. The van der Waals surface area contributed by atoms with Crippen molar-refractivity contribution >= 4 is 6.09 Å². The Balaban J connectivity index is 1.80. The number of rotatable bonds is 3. The van der Waals surface area contributed by atoms with Crippen LogP contribution in [-0.2, 0) is 15.9 Å². The van der Waals surface area contributed by atoms with Crippen LogP contribution in [0.3, 0.4) is 0 Å². The Hall–Kier alpha value is -2.34. The lowest BCUT2D eigenvalue weighted by Gasteiger charge is -2.31. The van der Waals surface area contributed by atoms with E-state index >= 15 is 0 Å². The van der Waals surface area contributed by atoms with E-state index in [4.69, 9.17) is 13.9 Å². The molecule has 0 spiro atoms. The largest absolute Gasteiger partial charge is 0.445 e. The molecule has 0 saturated carbocycles. The van der Waals surface area contributed by atoms with Gasteiger partial charge in [-0.2, -0.15) is 0 Å². The van der Waals surface area contributed by atoms with Crippen LogP contribution in [0.25, 0.3) is 11.5 Å². The summed E-state index contributed by atoms with van der Waals surface area (Å²) in [6.45, 7) is 6.59. The van der Waals surface area contributed by atoms with E-state index in [2.05, 4.69) is 4.98 Å². The number of carbonyl (C=O) groups is 1. The van der Waals surface area contributed by atoms with Gasteiger partial charge in [0.15, 0.2) is 0 Å². The molecule has 0 bridgehead atoms. The van der Waals surface area contributed by atoms with E-state index in [1.807, 2.05) is 39.0 Å². The highest BCUT2D eigenvalue weighted by Crippen LogP contribution is 2.34. The van der Waals surface area contributed by atoms with Crippen LogP contribution in [0, 0.1) is 0 Å². The molecule has 0 saturated heterocycles. The van der Waals surface area contributed by atoms with Gasteiger partial charge < -0.3 is 18.8 Å². The van der Waals surface area contributed by atoms with E-state index in [-0.39, 0.29) is 12.2 Å². The molecule has 1 aliphatic heterocycles. The number of hydrogen-bond acceptors (Lipinski definition) is 5. The Morgan fingerprint density at radius 1 is 1.40 bits per heavy atom. The van der Waals surface area contributed by atoms with Gasteiger partial charge in [-0.25, -0.2) is 9.78 Å². The summed E-state index contributed by atoms with van der Waals surface area (Å²) in [4.78, 5) is 18.0. The lowest BCUT2D eigenvalue weighted by molar-refractivity contribution is -0.00159. The highest BCUT2D eigenvalue weighted by molar-refractivity contribution is 5.68. The van der Waals surface area contributed by atoms with Crippen LogP contribution in [0.15, 0.2) is 35.1 Å². The van der Waals surface area contributed by atoms with Crippen molar-refractivity contribution in [1.29, 1.82) is 0 Å². The van der Waals surface area contributed by atoms with Crippen LogP contribution < -0.4 is 0 Å². The SMILES string of the molecule is CN(C[C@@H]1OCCc2c(-c3ncco3)cccc21)C(=O)OC(C)(C)C. The van der Waals surface area contributed by atoms with Gasteiger partial charge in [-0.3, -0.25) is 0 Å². The predicted octanol–water partition coefficient (Wildman–Crippen LogP) is 3.82. The molecule has 1 aromatic carbocycles. The monoisotopic (exact) mass is 344 g/mol. The van der Waals surface area contributed by atoms with Crippen molar-refractivity contribution in [2.75, 3.05) is 20.2 Å². The number of aromatic nitrogens is 1. The fourth-order valence-electron chi connectivity index (χ4n) is 2.95. The molecular weight excluding hydrogens is 320 g/mol. The Labute approximate surface area is 147 Å². The third-order valence-corrected chi connectivity index (χ3v) is 4.04. The molecule has 3 rings (SSSR count). The molecule has 0 aliphatic carbocycles. The molecule has 1 aromatic heterocycles. The van der Waals surface area contributed by atoms with Gasteiger partial charge in [-0.15, -0.1) is 0 Å². The Kier molecular flexibility index (Phi) is 4.81. The van der Waals surface area contributed by atoms with E-state index in [9.17, 15) is 4.79 Å². The van der Waals surface area contributed by atoms with E-state index in [1.165, 1.54) is 5.56 Å². The summed E-state index contributed by atoms with van der Waals surface area (Å²) in [7, 11) is 1.73. The summed E-state index contributed by atoms with van der Waals surface area (Å²) in [6.07, 6.45) is 3.45. The Bertz CT molecular complexity index is 734. The fraction of sp³-hybridized carbons (Fsp3) is 0.474. The number of hydrogen-bond donors (Lipinski definition) is 0. The van der Waals surface area contributed by atoms with E-state index in [0.717, 1.165) is 17.5 Å². The number of fused-ring (bicyclic) bond motifs is 1. The molecule has 0 unspecified atom stereocenters. The molecule has 1 amide bonds. The fourth-order valence-corrected chi connectivity index (χ4v) is 2.95. The highest BCUT2D eigenvalue weighted by Gasteiger charge is 2.28. The van der Waals surface area contributed by atoms with Gasteiger partial charge in [0.25, 0.3) is 0 Å². The minimum atomic E-state index is -0.519. The van der Waals surface area contributed by atoms with Gasteiger partial charge in [0, 0.05) is 12.6 Å². The van der Waals surface area contributed by atoms with Gasteiger partial charge in [-0.05, 0) is 44.4 Å². The van der Waals surface area contributed by atoms with Gasteiger partial charge in [0.2, 0.25) is 5.89 Å². The van der Waals surface area contributed by atoms with Crippen molar-refractivity contribution < 1.29 is 18.7 Å². The zero-order valence-electron chi connectivity index (χ0n) is 15.1. The number of oxazole rings is 1. The quantitative estimate of drug-likeness (QED) is 0.847. The first-order valence-corrected chi connectivity index (χ1v) is 8.42. The van der Waals surface area contributed by atoms with Gasteiger partial charge >= 0.3 is 6.09 Å². The minimum Gasteiger partial charge on any atom is -0.445 e. The first-order chi connectivity index (χ1) is 11.8. The van der Waals surface area contributed by atoms with Crippen LogP contribution in [0.5, 0.6) is 0 Å². The third-order valence-electron chi connectivity index (χ3n) is 4.04. The van der Waals surface area contributed by atoms with Crippen LogP contribution in [-0.4, -0.2) is 41.8 Å². The molecule has 1 atom stereocenters. The third kappa shape index (κ3) is 4.02. The number of benzene rings is 1. The lowest BCUT2D eigenvalue weighted by Crippen LogP contribution is -2.38. The molecule has 25 heavy (non-hydrogen) atoms. The van der Waals surface area contributed by atoms with Crippen LogP contribution in [0.1, 0.15) is 38.0 Å². The highest BCUT2D eigenvalue weighted by atomic mass is 16.6. The lowest BCUT2D eigenvalue weighted by atomic mass is 9.92. The summed E-state index contributed by atoms with van der Waals surface area (Å²) in [5.74, 6) is 0.609.